The molecule has 0 fully saturated rings. The minimum absolute atomic E-state index is 0.908. The molecule has 3 heterocycles. The van der Waals surface area contributed by atoms with E-state index < -0.39 is 0 Å². The summed E-state index contributed by atoms with van der Waals surface area (Å²) < 4.78 is 11.1. The molecule has 0 aliphatic rings. The lowest BCUT2D eigenvalue weighted by Gasteiger charge is -2.15. The number of aromatic nitrogens is 2. The molecule has 12 aromatic rings. The van der Waals surface area contributed by atoms with E-state index >= 15 is 0 Å². The topological polar surface area (TPSA) is 23.0 Å². The maximum absolute atomic E-state index is 6.30. The Kier molecular flexibility index (Phi) is 6.34. The highest BCUT2D eigenvalue weighted by atomic mass is 16.3. The van der Waals surface area contributed by atoms with Crippen LogP contribution in [0, 0.1) is 0 Å². The summed E-state index contributed by atoms with van der Waals surface area (Å²) in [5.74, 6) is 0. The van der Waals surface area contributed by atoms with E-state index in [0.717, 1.165) is 33.3 Å². The number of rotatable bonds is 4. The van der Waals surface area contributed by atoms with Gasteiger partial charge in [-0.1, -0.05) is 133 Å². The third kappa shape index (κ3) is 4.38. The van der Waals surface area contributed by atoms with Gasteiger partial charge in [-0.3, -0.25) is 0 Å². The van der Waals surface area contributed by atoms with Crippen LogP contribution in [-0.2, 0) is 0 Å². The van der Waals surface area contributed by atoms with Crippen LogP contribution in [-0.4, -0.2) is 9.13 Å². The fourth-order valence-electron chi connectivity index (χ4n) is 9.14. The molecule has 0 saturated heterocycles. The number of fused-ring (bicyclic) bond motifs is 10. The van der Waals surface area contributed by atoms with Crippen LogP contribution < -0.4 is 0 Å². The predicted octanol–water partition coefficient (Wildman–Crippen LogP) is 14.3. The molecule has 0 spiro atoms. The lowest BCUT2D eigenvalue weighted by molar-refractivity contribution is 0.669. The van der Waals surface area contributed by atoms with Crippen LogP contribution >= 0.6 is 0 Å². The Bertz CT molecular complexity index is 3490. The van der Waals surface area contributed by atoms with E-state index in [1.807, 2.05) is 6.07 Å². The minimum atomic E-state index is 0.908. The number of furan rings is 1. The van der Waals surface area contributed by atoms with Gasteiger partial charge in [0.15, 0.2) is 0 Å². The second-order valence-electron chi connectivity index (χ2n) is 14.5. The number of nitrogens with zero attached hydrogens (tertiary/aromatic N) is 2. The molecule has 3 aromatic heterocycles. The lowest BCUT2D eigenvalue weighted by atomic mass is 9.94. The molecule has 0 unspecified atom stereocenters. The quantitative estimate of drug-likeness (QED) is 0.179. The highest BCUT2D eigenvalue weighted by Crippen LogP contribution is 2.42. The zero-order valence-corrected chi connectivity index (χ0v) is 29.8. The zero-order chi connectivity index (χ0) is 36.0. The van der Waals surface area contributed by atoms with E-state index in [1.165, 1.54) is 76.6 Å². The first kappa shape index (κ1) is 30.1. The van der Waals surface area contributed by atoms with Crippen molar-refractivity contribution in [2.24, 2.45) is 0 Å². The van der Waals surface area contributed by atoms with Crippen LogP contribution in [0.1, 0.15) is 0 Å². The Balaban J connectivity index is 1.06. The van der Waals surface area contributed by atoms with E-state index in [1.54, 1.807) is 0 Å². The summed E-state index contributed by atoms with van der Waals surface area (Å²) in [7, 11) is 0. The third-order valence-electron chi connectivity index (χ3n) is 11.5. The van der Waals surface area contributed by atoms with Gasteiger partial charge in [-0.2, -0.15) is 0 Å². The molecule has 0 atom stereocenters. The Labute approximate surface area is 316 Å². The van der Waals surface area contributed by atoms with Crippen molar-refractivity contribution in [3.8, 4) is 33.6 Å². The molecule has 0 bridgehead atoms. The van der Waals surface area contributed by atoms with Gasteiger partial charge < -0.3 is 13.6 Å². The largest absolute Gasteiger partial charge is 0.456 e. The van der Waals surface area contributed by atoms with E-state index in [2.05, 4.69) is 197 Å². The molecule has 9 aromatic carbocycles. The molecule has 55 heavy (non-hydrogen) atoms. The minimum Gasteiger partial charge on any atom is -0.456 e. The first-order valence-electron chi connectivity index (χ1n) is 18.9. The molecule has 0 radical (unpaired) electrons. The summed E-state index contributed by atoms with van der Waals surface area (Å²) >= 11 is 0. The summed E-state index contributed by atoms with van der Waals surface area (Å²) in [4.78, 5) is 0. The van der Waals surface area contributed by atoms with Crippen LogP contribution in [0.5, 0.6) is 0 Å². The van der Waals surface area contributed by atoms with Crippen molar-refractivity contribution >= 4 is 76.3 Å². The number of benzene rings is 9. The molecule has 3 nitrogen and oxygen atoms in total. The van der Waals surface area contributed by atoms with Crippen molar-refractivity contribution in [3.63, 3.8) is 0 Å². The second-order valence-corrected chi connectivity index (χ2v) is 14.5. The van der Waals surface area contributed by atoms with Gasteiger partial charge in [-0.05, 0) is 88.3 Å². The van der Waals surface area contributed by atoms with E-state index in [9.17, 15) is 0 Å². The van der Waals surface area contributed by atoms with Gasteiger partial charge in [0.25, 0.3) is 0 Å². The summed E-state index contributed by atoms with van der Waals surface area (Å²) in [6.07, 6.45) is 0. The molecule has 0 amide bonds. The van der Waals surface area contributed by atoms with Gasteiger partial charge in [0.2, 0.25) is 0 Å². The van der Waals surface area contributed by atoms with Gasteiger partial charge in [0, 0.05) is 43.4 Å². The Morgan fingerprint density at radius 1 is 0.309 bits per heavy atom. The molecule has 3 heteroatoms. The summed E-state index contributed by atoms with van der Waals surface area (Å²) in [5, 5.41) is 9.70. The second kappa shape index (κ2) is 11.6. The van der Waals surface area contributed by atoms with Crippen LogP contribution in [0.2, 0.25) is 0 Å². The predicted molar refractivity (Wildman–Crippen MR) is 231 cm³/mol. The fourth-order valence-corrected chi connectivity index (χ4v) is 9.14. The fraction of sp³-hybridized carbons (Fsp3) is 0. The molecule has 0 saturated carbocycles. The highest BCUT2D eigenvalue weighted by molar-refractivity contribution is 6.17. The molecular weight excluding hydrogens is 669 g/mol. The van der Waals surface area contributed by atoms with Crippen molar-refractivity contribution in [1.82, 2.24) is 9.13 Å². The number of hydrogen-bond donors (Lipinski definition) is 0. The van der Waals surface area contributed by atoms with Crippen LogP contribution in [0.3, 0.4) is 0 Å². The molecular formula is C52H32N2O. The monoisotopic (exact) mass is 700 g/mol. The zero-order valence-electron chi connectivity index (χ0n) is 29.8. The first-order chi connectivity index (χ1) is 27.3. The Morgan fingerprint density at radius 2 is 0.891 bits per heavy atom. The molecule has 256 valence electrons. The Morgan fingerprint density at radius 3 is 1.76 bits per heavy atom. The van der Waals surface area contributed by atoms with Gasteiger partial charge in [-0.25, -0.2) is 0 Å². The molecule has 0 N–H and O–H groups in total. The third-order valence-corrected chi connectivity index (χ3v) is 11.5. The van der Waals surface area contributed by atoms with Crippen molar-refractivity contribution in [2.75, 3.05) is 0 Å². The van der Waals surface area contributed by atoms with E-state index in [0.29, 0.717) is 0 Å². The van der Waals surface area contributed by atoms with Crippen molar-refractivity contribution < 1.29 is 4.42 Å². The normalized spacial score (nSPS) is 12.0. The molecule has 0 aliphatic carbocycles. The van der Waals surface area contributed by atoms with Gasteiger partial charge in [0.1, 0.15) is 11.2 Å². The maximum atomic E-state index is 6.30. The van der Waals surface area contributed by atoms with E-state index in [4.69, 9.17) is 4.42 Å². The van der Waals surface area contributed by atoms with Crippen LogP contribution in [0.4, 0.5) is 0 Å². The molecule has 0 aliphatic heterocycles. The smallest absolute Gasteiger partial charge is 0.136 e. The van der Waals surface area contributed by atoms with Gasteiger partial charge in [0.05, 0.1) is 27.8 Å². The Hall–Kier alpha value is -7.36. The molecule has 12 rings (SSSR count). The lowest BCUT2D eigenvalue weighted by Crippen LogP contribution is -1.96. The SMILES string of the molecule is c1ccc(-n2c3ccccc3c3ccc(-c4ccc5c(c4)c4ccccc4n5-c4cccc5c(-c6cccc7oc8ccccc8c67)cccc45)cc32)cc1. The van der Waals surface area contributed by atoms with Crippen LogP contribution in [0.25, 0.3) is 110 Å². The average molecular weight is 701 g/mol. The van der Waals surface area contributed by atoms with Crippen molar-refractivity contribution in [3.05, 3.63) is 194 Å². The van der Waals surface area contributed by atoms with Gasteiger partial charge >= 0.3 is 0 Å². The standard InChI is InChI=1S/C52H32N2O/c1-2-13-35(14-3-1)53-45-22-7-4-15-39(45)41-29-27-34(32-49(41)53)33-28-30-48-44(31-33)40-16-5-8-23-46(40)54(48)47-24-11-19-36-37(18-10-20-38(36)47)42-21-12-26-51-52(42)43-17-6-9-25-50(43)55-51/h1-32H. The van der Waals surface area contributed by atoms with Crippen molar-refractivity contribution in [1.29, 1.82) is 0 Å². The van der Waals surface area contributed by atoms with Crippen LogP contribution in [0.15, 0.2) is 199 Å². The highest BCUT2D eigenvalue weighted by Gasteiger charge is 2.19. The average Bonchev–Trinajstić information content (AvgIpc) is 3.91. The first-order valence-corrected chi connectivity index (χ1v) is 18.9. The maximum Gasteiger partial charge on any atom is 0.136 e. The number of para-hydroxylation sites is 4. The summed E-state index contributed by atoms with van der Waals surface area (Å²) in [6.45, 7) is 0. The summed E-state index contributed by atoms with van der Waals surface area (Å²) in [6, 6.07) is 70.3. The van der Waals surface area contributed by atoms with Gasteiger partial charge in [-0.15, -0.1) is 0 Å². The number of hydrogen-bond acceptors (Lipinski definition) is 1. The summed E-state index contributed by atoms with van der Waals surface area (Å²) in [5.41, 5.74) is 13.7. The van der Waals surface area contributed by atoms with E-state index in [-0.39, 0.29) is 0 Å². The van der Waals surface area contributed by atoms with Crippen molar-refractivity contribution in [2.45, 2.75) is 0 Å².